The third-order valence-corrected chi connectivity index (χ3v) is 14.2. The topological polar surface area (TPSA) is 302 Å². The lowest BCUT2D eigenvalue weighted by Crippen LogP contribution is -2.63. The number of aliphatic hydroxyl groups is 2. The van der Waals surface area contributed by atoms with Crippen LogP contribution in [0, 0.1) is 32.1 Å². The van der Waals surface area contributed by atoms with E-state index in [9.17, 15) is 64.3 Å². The number of rotatable bonds is 18. The van der Waals surface area contributed by atoms with Gasteiger partial charge in [0, 0.05) is 66.0 Å². The molecule has 4 heterocycles. The fraction of sp³-hybridized carbons (Fsp3) is 0.435. The zero-order valence-electron chi connectivity index (χ0n) is 37.5. The third-order valence-electron chi connectivity index (χ3n) is 12.7. The van der Waals surface area contributed by atoms with Gasteiger partial charge in [0.1, 0.15) is 25.0 Å². The number of thioether (sulfide) groups is 1. The lowest BCUT2D eigenvalue weighted by atomic mass is 9.79. The molecule has 5 amide bonds. The van der Waals surface area contributed by atoms with Gasteiger partial charge in [-0.15, -0.1) is 11.8 Å². The van der Waals surface area contributed by atoms with Crippen molar-refractivity contribution in [2.24, 2.45) is 11.8 Å². The molecule has 0 radical (unpaired) electrons. The lowest BCUT2D eigenvalue weighted by molar-refractivity contribution is -0.385. The molecular weight excluding hydrogens is 923 g/mol. The monoisotopic (exact) mass is 973 g/mol. The Morgan fingerprint density at radius 2 is 1.48 bits per heavy atom. The summed E-state index contributed by atoms with van der Waals surface area (Å²) in [5.41, 5.74) is 1.20. The number of carboxylic acid groups (broad SMARTS) is 1. The van der Waals surface area contributed by atoms with Gasteiger partial charge >= 0.3 is 18.2 Å². The van der Waals surface area contributed by atoms with Gasteiger partial charge in [-0.1, -0.05) is 37.3 Å². The van der Waals surface area contributed by atoms with Gasteiger partial charge in [-0.25, -0.2) is 14.4 Å². The summed E-state index contributed by atoms with van der Waals surface area (Å²) in [5, 5.41) is 59.0. The normalized spacial score (nSPS) is 23.1. The molecule has 3 saturated heterocycles. The molecule has 69 heavy (non-hydrogen) atoms. The van der Waals surface area contributed by atoms with Crippen LogP contribution in [0.2, 0.25) is 0 Å². The Bertz CT molecular complexity index is 2490. The molecule has 0 saturated carbocycles. The fourth-order valence-corrected chi connectivity index (χ4v) is 10.8. The van der Waals surface area contributed by atoms with Crippen LogP contribution in [-0.2, 0) is 48.3 Å². The van der Waals surface area contributed by atoms with E-state index in [1.165, 1.54) is 70.2 Å². The highest BCUT2D eigenvalue weighted by Crippen LogP contribution is 2.52. The Balaban J connectivity index is 0.993. The first-order chi connectivity index (χ1) is 32.9. The number of amides is 5. The number of fused-ring (bicyclic) bond motifs is 1. The molecule has 0 unspecified atom stereocenters. The highest BCUT2D eigenvalue weighted by molar-refractivity contribution is 8.03. The number of alkyl carbamates (subject to hydrolysis) is 1. The van der Waals surface area contributed by atoms with E-state index in [1.807, 2.05) is 0 Å². The molecule has 4 aliphatic heterocycles. The molecule has 0 spiro atoms. The molecule has 22 nitrogen and oxygen atoms in total. The lowest BCUT2D eigenvalue weighted by Gasteiger charge is -2.46. The van der Waals surface area contributed by atoms with E-state index in [0.717, 1.165) is 17.3 Å². The van der Waals surface area contributed by atoms with E-state index in [-0.39, 0.29) is 62.8 Å². The first kappa shape index (κ1) is 49.8. The van der Waals surface area contributed by atoms with Gasteiger partial charge in [0.2, 0.25) is 17.7 Å². The van der Waals surface area contributed by atoms with E-state index < -0.39 is 106 Å². The first-order valence-electron chi connectivity index (χ1n) is 22.2. The van der Waals surface area contributed by atoms with Gasteiger partial charge in [0.15, 0.2) is 0 Å². The zero-order valence-corrected chi connectivity index (χ0v) is 38.3. The maximum Gasteiger partial charge on any atom is 0.410 e. The van der Waals surface area contributed by atoms with Crippen LogP contribution in [-0.4, -0.2) is 137 Å². The van der Waals surface area contributed by atoms with Crippen molar-refractivity contribution in [2.45, 2.75) is 94.4 Å². The minimum Gasteiger partial charge on any atom is -0.477 e. The molecule has 0 aromatic heterocycles. The number of hydrogen-bond acceptors (Lipinski definition) is 15. The summed E-state index contributed by atoms with van der Waals surface area (Å²) in [6.45, 7) is 2.95. The van der Waals surface area contributed by atoms with Crippen molar-refractivity contribution >= 4 is 59.0 Å². The summed E-state index contributed by atoms with van der Waals surface area (Å²) in [5.74, 6) is -4.11. The predicted molar refractivity (Wildman–Crippen MR) is 244 cm³/mol. The Hall–Kier alpha value is -7.11. The van der Waals surface area contributed by atoms with Gasteiger partial charge in [0.25, 0.3) is 11.4 Å². The molecule has 23 heteroatoms. The number of carbonyl (C=O) groups excluding carboxylic acids is 5. The molecule has 7 rings (SSSR count). The number of β-lactam (4-membered cyclic amide) rings is 1. The van der Waals surface area contributed by atoms with Crippen LogP contribution in [0.1, 0.15) is 49.8 Å². The van der Waals surface area contributed by atoms with Gasteiger partial charge in [-0.05, 0) is 67.1 Å². The van der Waals surface area contributed by atoms with Gasteiger partial charge in [0.05, 0.1) is 46.5 Å². The summed E-state index contributed by atoms with van der Waals surface area (Å²) in [6.07, 6.45) is -4.06. The second-order valence-corrected chi connectivity index (χ2v) is 18.8. The van der Waals surface area contributed by atoms with Crippen LogP contribution < -0.4 is 10.6 Å². The molecule has 0 aliphatic carbocycles. The van der Waals surface area contributed by atoms with Crippen molar-refractivity contribution in [1.29, 1.82) is 0 Å². The van der Waals surface area contributed by atoms with E-state index in [0.29, 0.717) is 22.5 Å². The number of nitro groups is 2. The van der Waals surface area contributed by atoms with Crippen molar-refractivity contribution < 1.29 is 63.4 Å². The highest BCUT2D eigenvalue weighted by Gasteiger charge is 2.60. The Kier molecular flexibility index (Phi) is 15.5. The summed E-state index contributed by atoms with van der Waals surface area (Å²) in [7, 11) is 0. The maximum atomic E-state index is 14.4. The largest absolute Gasteiger partial charge is 0.477 e. The number of aliphatic hydroxyl groups excluding tert-OH is 2. The summed E-state index contributed by atoms with van der Waals surface area (Å²) < 4.78 is 10.9. The molecule has 5 N–H and O–H groups in total. The third kappa shape index (κ3) is 11.4. The number of aliphatic carboxylic acids is 1. The molecule has 3 aromatic rings. The minimum absolute atomic E-state index is 0.0452. The number of non-ortho nitro benzene ring substituents is 2. The average Bonchev–Trinajstić information content (AvgIpc) is 4.03. The number of likely N-dealkylation sites (tertiary alicyclic amines) is 2. The Labute approximate surface area is 398 Å². The van der Waals surface area contributed by atoms with Crippen LogP contribution in [0.3, 0.4) is 0 Å². The van der Waals surface area contributed by atoms with Gasteiger partial charge in [-0.2, -0.15) is 0 Å². The number of nitro benzene ring substituents is 2. The van der Waals surface area contributed by atoms with Crippen LogP contribution in [0.15, 0.2) is 89.5 Å². The first-order valence-corrected chi connectivity index (χ1v) is 23.1. The second kappa shape index (κ2) is 21.5. The number of carbonyl (C=O) groups is 6. The number of hydrogen-bond donors (Lipinski definition) is 5. The number of nitrogens with one attached hydrogen (secondary N) is 2. The van der Waals surface area contributed by atoms with Crippen LogP contribution in [0.4, 0.5) is 21.0 Å². The van der Waals surface area contributed by atoms with E-state index in [1.54, 1.807) is 37.3 Å². The second-order valence-electron chi connectivity index (χ2n) is 17.4. The molecule has 4 aliphatic rings. The summed E-state index contributed by atoms with van der Waals surface area (Å²) in [4.78, 5) is 105. The van der Waals surface area contributed by atoms with Crippen LogP contribution in [0.25, 0.3) is 0 Å². The highest BCUT2D eigenvalue weighted by atomic mass is 32.2. The zero-order chi connectivity index (χ0) is 49.7. The Morgan fingerprint density at radius 1 is 0.870 bits per heavy atom. The molecular formula is C46H51N7O15S. The van der Waals surface area contributed by atoms with Crippen LogP contribution >= 0.6 is 11.8 Å². The van der Waals surface area contributed by atoms with Gasteiger partial charge in [-0.3, -0.25) is 39.5 Å². The summed E-state index contributed by atoms with van der Waals surface area (Å²) >= 11 is 1.15. The smallest absolute Gasteiger partial charge is 0.410 e. The van der Waals surface area contributed by atoms with Crippen molar-refractivity contribution in [3.05, 3.63) is 126 Å². The quantitative estimate of drug-likeness (QED) is 0.0692. The van der Waals surface area contributed by atoms with Crippen LogP contribution in [0.5, 0.6) is 0 Å². The van der Waals surface area contributed by atoms with Crippen molar-refractivity contribution in [3.63, 3.8) is 0 Å². The fourth-order valence-electron chi connectivity index (χ4n) is 9.23. The average molecular weight is 974 g/mol. The summed E-state index contributed by atoms with van der Waals surface area (Å²) in [6, 6.07) is 16.6. The number of benzene rings is 3. The van der Waals surface area contributed by atoms with E-state index in [2.05, 4.69) is 10.6 Å². The Morgan fingerprint density at radius 3 is 2.06 bits per heavy atom. The van der Waals surface area contributed by atoms with Crippen molar-refractivity contribution in [1.82, 2.24) is 25.3 Å². The van der Waals surface area contributed by atoms with E-state index in [4.69, 9.17) is 9.47 Å². The number of ether oxygens (including phenoxy) is 2. The standard InChI is InChI=1S/C46H51N7O15S/c1-25-39-38(26(2)54)43(58)51(39)40(44(59)60)41(25)69-33-19-35(50(22-33)46(62)68-24-29-10-14-32(15-11-29)53(65)66)42(57)49-17-16-30(21-49)47-37(56)20-36(55)34(18-27-6-4-3-5-7-27)48-45(61)67-23-28-8-12-31(13-9-28)52(63)64/h3-15,25-26,30,33-36,38-39,54-55H,16-24H2,1-2H3,(H,47,56)(H,48,61)(H,59,60)/t25-,26-,30+,33+,34+,35+,36-,38-,39-/m1/s1. The number of nitrogens with zero attached hydrogens (tertiary/aromatic N) is 5. The number of carboxylic acids is 1. The predicted octanol–water partition coefficient (Wildman–Crippen LogP) is 3.48. The molecule has 9 atom stereocenters. The SMILES string of the molecule is C[C@@H](O)[C@H]1C(=O)N2C(C(=O)O)=C(S[C@H]3C[C@@H](C(=O)N4CC[C@H](NC(=O)C[C@@H](O)[C@H](Cc5ccccc5)NC(=O)OCc5ccc([N+](=O)[O-])cc5)C4)N(C(=O)OCc4ccc([N+](=O)[O-])cc4)C3)[C@H](C)[C@H]12. The molecule has 366 valence electrons. The molecule has 0 bridgehead atoms. The maximum absolute atomic E-state index is 14.4. The molecule has 3 fully saturated rings. The van der Waals surface area contributed by atoms with E-state index >= 15 is 0 Å². The van der Waals surface area contributed by atoms with Gasteiger partial charge < -0.3 is 45.2 Å². The van der Waals surface area contributed by atoms with Crippen molar-refractivity contribution in [2.75, 3.05) is 19.6 Å². The minimum atomic E-state index is -1.39. The molecule has 3 aromatic carbocycles. The van der Waals surface area contributed by atoms with Crippen molar-refractivity contribution in [3.8, 4) is 0 Å².